The summed E-state index contributed by atoms with van der Waals surface area (Å²) >= 11 is 23.4. The summed E-state index contributed by atoms with van der Waals surface area (Å²) < 4.78 is 17.8. The Bertz CT molecular complexity index is 814. The van der Waals surface area contributed by atoms with Crippen molar-refractivity contribution in [3.05, 3.63) is 61.8 Å². The third kappa shape index (κ3) is 4.51. The predicted molar refractivity (Wildman–Crippen MR) is 91.8 cm³/mol. The quantitative estimate of drug-likeness (QED) is 0.554. The third-order valence-electron chi connectivity index (χ3n) is 2.79. The molecule has 0 saturated carbocycles. The van der Waals surface area contributed by atoms with Crippen molar-refractivity contribution in [1.82, 2.24) is 0 Å². The Balaban J connectivity index is 2.02. The van der Waals surface area contributed by atoms with E-state index in [2.05, 4.69) is 5.32 Å². The number of carbonyl (C=O) groups excluding carboxylic acids is 2. The van der Waals surface area contributed by atoms with Crippen molar-refractivity contribution < 1.29 is 18.7 Å². The Morgan fingerprint density at radius 3 is 2.33 bits per heavy atom. The maximum absolute atomic E-state index is 12.9. The predicted octanol–water partition coefficient (Wildman–Crippen LogP) is 5.23. The minimum atomic E-state index is -0.909. The zero-order chi connectivity index (χ0) is 17.9. The lowest BCUT2D eigenvalue weighted by atomic mass is 10.2. The van der Waals surface area contributed by atoms with Crippen LogP contribution in [-0.2, 0) is 9.53 Å². The maximum atomic E-state index is 12.9. The molecule has 1 N–H and O–H groups in total. The van der Waals surface area contributed by atoms with E-state index in [-0.39, 0.29) is 31.3 Å². The first kappa shape index (κ1) is 18.8. The second kappa shape index (κ2) is 8.03. The molecule has 0 fully saturated rings. The Morgan fingerprint density at radius 1 is 1.00 bits per heavy atom. The van der Waals surface area contributed by atoms with E-state index >= 15 is 0 Å². The summed E-state index contributed by atoms with van der Waals surface area (Å²) in [5, 5.41) is 2.47. The number of halogens is 5. The van der Waals surface area contributed by atoms with Crippen LogP contribution in [0.1, 0.15) is 10.4 Å². The van der Waals surface area contributed by atoms with Crippen LogP contribution in [0.25, 0.3) is 0 Å². The van der Waals surface area contributed by atoms with Crippen molar-refractivity contribution in [1.29, 1.82) is 0 Å². The number of amides is 1. The zero-order valence-corrected chi connectivity index (χ0v) is 14.7. The molecule has 0 saturated heterocycles. The van der Waals surface area contributed by atoms with Crippen molar-refractivity contribution >= 4 is 64.0 Å². The monoisotopic (exact) mass is 409 g/mol. The molecule has 0 unspecified atom stereocenters. The van der Waals surface area contributed by atoms with Crippen molar-refractivity contribution in [2.24, 2.45) is 0 Å². The number of hydrogen-bond acceptors (Lipinski definition) is 3. The molecule has 0 atom stereocenters. The van der Waals surface area contributed by atoms with Crippen molar-refractivity contribution in [2.45, 2.75) is 0 Å². The summed E-state index contributed by atoms with van der Waals surface area (Å²) in [5.41, 5.74) is 0.0383. The average Bonchev–Trinajstić information content (AvgIpc) is 2.52. The van der Waals surface area contributed by atoms with Crippen molar-refractivity contribution in [2.75, 3.05) is 11.9 Å². The molecule has 2 rings (SSSR count). The third-order valence-corrected chi connectivity index (χ3v) is 4.22. The van der Waals surface area contributed by atoms with Gasteiger partial charge in [0.15, 0.2) is 6.61 Å². The van der Waals surface area contributed by atoms with E-state index in [1.165, 1.54) is 18.2 Å². The molecule has 24 heavy (non-hydrogen) atoms. The number of hydrogen-bond donors (Lipinski definition) is 1. The molecule has 2 aromatic rings. The normalized spacial score (nSPS) is 10.4. The van der Waals surface area contributed by atoms with Crippen molar-refractivity contribution in [3.63, 3.8) is 0 Å². The SMILES string of the molecule is O=C(COC(=O)c1c(Cl)ccc(Cl)c1Cl)Nc1ccc(F)cc1Cl. The summed E-state index contributed by atoms with van der Waals surface area (Å²) in [4.78, 5) is 23.8. The first-order valence-electron chi connectivity index (χ1n) is 6.35. The van der Waals surface area contributed by atoms with Crippen LogP contribution in [0, 0.1) is 5.82 Å². The molecule has 0 radical (unpaired) electrons. The summed E-state index contributed by atoms with van der Waals surface area (Å²) in [6.45, 7) is -0.619. The number of rotatable bonds is 4. The van der Waals surface area contributed by atoms with Gasteiger partial charge in [-0.05, 0) is 30.3 Å². The van der Waals surface area contributed by atoms with E-state index in [0.717, 1.165) is 12.1 Å². The standard InChI is InChI=1S/C15H8Cl4FNO3/c16-8-2-3-9(17)14(19)13(8)15(23)24-6-12(22)21-11-4-1-7(20)5-10(11)18/h1-5H,6H2,(H,21,22). The molecular weight excluding hydrogens is 403 g/mol. The smallest absolute Gasteiger partial charge is 0.341 e. The van der Waals surface area contributed by atoms with Gasteiger partial charge in [0.1, 0.15) is 5.82 Å². The first-order valence-corrected chi connectivity index (χ1v) is 7.86. The van der Waals surface area contributed by atoms with Gasteiger partial charge in [-0.3, -0.25) is 4.79 Å². The van der Waals surface area contributed by atoms with Gasteiger partial charge in [-0.2, -0.15) is 0 Å². The number of anilines is 1. The molecule has 9 heteroatoms. The van der Waals surface area contributed by atoms with Crippen LogP contribution in [0.4, 0.5) is 10.1 Å². The van der Waals surface area contributed by atoms with Crippen LogP contribution >= 0.6 is 46.4 Å². The highest BCUT2D eigenvalue weighted by Gasteiger charge is 2.20. The molecule has 0 aliphatic heterocycles. The second-order valence-electron chi connectivity index (χ2n) is 4.47. The van der Waals surface area contributed by atoms with E-state index < -0.39 is 24.3 Å². The Morgan fingerprint density at radius 2 is 1.67 bits per heavy atom. The lowest BCUT2D eigenvalue weighted by Gasteiger charge is -2.10. The van der Waals surface area contributed by atoms with Gasteiger partial charge in [0.2, 0.25) is 0 Å². The lowest BCUT2D eigenvalue weighted by molar-refractivity contribution is -0.119. The Hall–Kier alpha value is -1.53. The van der Waals surface area contributed by atoms with Crippen LogP contribution in [-0.4, -0.2) is 18.5 Å². The molecule has 2 aromatic carbocycles. The molecule has 0 heterocycles. The van der Waals surface area contributed by atoms with Crippen LogP contribution in [0.3, 0.4) is 0 Å². The van der Waals surface area contributed by atoms with Gasteiger partial charge >= 0.3 is 5.97 Å². The Labute approximate surface area is 156 Å². The second-order valence-corrected chi connectivity index (χ2v) is 6.07. The van der Waals surface area contributed by atoms with Gasteiger partial charge in [-0.25, -0.2) is 9.18 Å². The van der Waals surface area contributed by atoms with Gasteiger partial charge in [0, 0.05) is 0 Å². The van der Waals surface area contributed by atoms with Gasteiger partial charge < -0.3 is 10.1 Å². The van der Waals surface area contributed by atoms with Crippen molar-refractivity contribution in [3.8, 4) is 0 Å². The largest absolute Gasteiger partial charge is 0.452 e. The molecule has 4 nitrogen and oxygen atoms in total. The molecule has 0 spiro atoms. The molecule has 0 aromatic heterocycles. The molecule has 1 amide bonds. The summed E-state index contributed by atoms with van der Waals surface area (Å²) in [7, 11) is 0. The topological polar surface area (TPSA) is 55.4 Å². The minimum absolute atomic E-state index is 0.00982. The number of nitrogens with one attached hydrogen (secondary N) is 1. The Kier molecular flexibility index (Phi) is 6.29. The van der Waals surface area contributed by atoms with Gasteiger partial charge in [-0.15, -0.1) is 0 Å². The van der Waals surface area contributed by atoms with Gasteiger partial charge in [0.25, 0.3) is 5.91 Å². The van der Waals surface area contributed by atoms with E-state index in [1.807, 2.05) is 0 Å². The highest BCUT2D eigenvalue weighted by atomic mass is 35.5. The lowest BCUT2D eigenvalue weighted by Crippen LogP contribution is -2.21. The van der Waals surface area contributed by atoms with Gasteiger partial charge in [-0.1, -0.05) is 46.4 Å². The number of carbonyl (C=O) groups is 2. The van der Waals surface area contributed by atoms with E-state index in [9.17, 15) is 14.0 Å². The molecule has 126 valence electrons. The summed E-state index contributed by atoms with van der Waals surface area (Å²) in [6, 6.07) is 6.24. The minimum Gasteiger partial charge on any atom is -0.452 e. The summed E-state index contributed by atoms with van der Waals surface area (Å²) in [6.07, 6.45) is 0. The van der Waals surface area contributed by atoms with E-state index in [4.69, 9.17) is 51.1 Å². The number of ether oxygens (including phenoxy) is 1. The fraction of sp³-hybridized carbons (Fsp3) is 0.0667. The molecular formula is C15H8Cl4FNO3. The highest BCUT2D eigenvalue weighted by Crippen LogP contribution is 2.31. The van der Waals surface area contributed by atoms with E-state index in [0.29, 0.717) is 0 Å². The van der Waals surface area contributed by atoms with Crippen LogP contribution in [0.2, 0.25) is 20.1 Å². The number of esters is 1. The van der Waals surface area contributed by atoms with Gasteiger partial charge in [0.05, 0.1) is 31.3 Å². The molecule has 0 aliphatic carbocycles. The van der Waals surface area contributed by atoms with E-state index in [1.54, 1.807) is 0 Å². The molecule has 0 aliphatic rings. The fourth-order valence-electron chi connectivity index (χ4n) is 1.69. The van der Waals surface area contributed by atoms with Crippen LogP contribution in [0.15, 0.2) is 30.3 Å². The van der Waals surface area contributed by atoms with Crippen LogP contribution in [0.5, 0.6) is 0 Å². The average molecular weight is 411 g/mol. The zero-order valence-electron chi connectivity index (χ0n) is 11.7. The summed E-state index contributed by atoms with van der Waals surface area (Å²) in [5.74, 6) is -2.13. The maximum Gasteiger partial charge on any atom is 0.341 e. The first-order chi connectivity index (χ1) is 11.3. The fourth-order valence-corrected chi connectivity index (χ4v) is 2.59. The number of benzene rings is 2. The molecule has 0 bridgehead atoms. The highest BCUT2D eigenvalue weighted by molar-refractivity contribution is 6.46. The van der Waals surface area contributed by atoms with Crippen LogP contribution < -0.4 is 5.32 Å².